The lowest BCUT2D eigenvalue weighted by Crippen LogP contribution is -2.27. The molecule has 0 spiro atoms. The van der Waals surface area contributed by atoms with E-state index < -0.39 is 5.41 Å². The van der Waals surface area contributed by atoms with Crippen molar-refractivity contribution in [2.24, 2.45) is 10.8 Å². The maximum atomic E-state index is 12.7. The van der Waals surface area contributed by atoms with Crippen molar-refractivity contribution < 1.29 is 19.1 Å². The van der Waals surface area contributed by atoms with Gasteiger partial charge in [0.05, 0.1) is 12.0 Å². The molecule has 4 nitrogen and oxygen atoms in total. The van der Waals surface area contributed by atoms with Gasteiger partial charge in [-0.2, -0.15) is 0 Å². The average Bonchev–Trinajstić information content (AvgIpc) is 2.95. The maximum Gasteiger partial charge on any atom is 0.311 e. The number of ether oxygens (including phenoxy) is 1. The third-order valence-corrected chi connectivity index (χ3v) is 9.89. The van der Waals surface area contributed by atoms with Crippen LogP contribution in [0.4, 0.5) is 0 Å². The van der Waals surface area contributed by atoms with Gasteiger partial charge in [-0.25, -0.2) is 0 Å². The number of esters is 1. The molecule has 0 aromatic heterocycles. The lowest BCUT2D eigenvalue weighted by Gasteiger charge is -2.22. The lowest BCUT2D eigenvalue weighted by molar-refractivity contribution is -0.154. The highest BCUT2D eigenvalue weighted by atomic mass is 32.2. The second-order valence-electron chi connectivity index (χ2n) is 13.9. The van der Waals surface area contributed by atoms with Gasteiger partial charge in [0.1, 0.15) is 5.78 Å². The number of hydrogen-bond acceptors (Lipinski definition) is 5. The molecular weight excluding hydrogens is 540 g/mol. The summed E-state index contributed by atoms with van der Waals surface area (Å²) in [4.78, 5) is 37.5. The van der Waals surface area contributed by atoms with Crippen molar-refractivity contribution >= 4 is 28.6 Å². The molecule has 0 aromatic rings. The molecule has 0 fully saturated rings. The zero-order chi connectivity index (χ0) is 31.5. The predicted molar refractivity (Wildman–Crippen MR) is 183 cm³/mol. The van der Waals surface area contributed by atoms with Crippen LogP contribution in [-0.4, -0.2) is 29.2 Å². The Kier molecular flexibility index (Phi) is 26.0. The Morgan fingerprint density at radius 1 is 0.524 bits per heavy atom. The first kappa shape index (κ1) is 41.2. The van der Waals surface area contributed by atoms with E-state index in [9.17, 15) is 14.4 Å². The van der Waals surface area contributed by atoms with Crippen molar-refractivity contribution in [3.8, 4) is 0 Å². The van der Waals surface area contributed by atoms with Crippen molar-refractivity contribution in [2.75, 3.05) is 12.4 Å². The summed E-state index contributed by atoms with van der Waals surface area (Å²) in [6.07, 6.45) is 26.3. The highest BCUT2D eigenvalue weighted by Gasteiger charge is 2.29. The van der Waals surface area contributed by atoms with Crippen LogP contribution in [0.3, 0.4) is 0 Å². The van der Waals surface area contributed by atoms with E-state index in [2.05, 4.69) is 27.7 Å². The number of rotatable bonds is 30. The van der Waals surface area contributed by atoms with Gasteiger partial charge in [0.2, 0.25) is 0 Å². The first-order chi connectivity index (χ1) is 20.1. The minimum Gasteiger partial charge on any atom is -0.465 e. The molecule has 0 aliphatic rings. The quantitative estimate of drug-likeness (QED) is 0.0598. The van der Waals surface area contributed by atoms with Crippen LogP contribution >= 0.6 is 11.8 Å². The van der Waals surface area contributed by atoms with E-state index in [1.54, 1.807) is 0 Å². The summed E-state index contributed by atoms with van der Waals surface area (Å²) >= 11 is 1.53. The zero-order valence-electron chi connectivity index (χ0n) is 28.9. The number of unbranched alkanes of at least 4 members (excludes halogenated alkanes) is 16. The highest BCUT2D eigenvalue weighted by Crippen LogP contribution is 2.31. The number of carbonyl (C=O) groups excluding carboxylic acids is 3. The van der Waals surface area contributed by atoms with Gasteiger partial charge in [-0.3, -0.25) is 14.4 Å². The first-order valence-electron chi connectivity index (χ1n) is 17.9. The van der Waals surface area contributed by atoms with Gasteiger partial charge in [-0.15, -0.1) is 0 Å². The molecule has 0 heterocycles. The van der Waals surface area contributed by atoms with Crippen LogP contribution in [0.2, 0.25) is 0 Å². The molecule has 0 bridgehead atoms. The van der Waals surface area contributed by atoms with Crippen molar-refractivity contribution in [1.82, 2.24) is 0 Å². The van der Waals surface area contributed by atoms with Gasteiger partial charge in [0.25, 0.3) is 0 Å². The fourth-order valence-corrected chi connectivity index (χ4v) is 6.33. The van der Waals surface area contributed by atoms with Crippen LogP contribution in [0.25, 0.3) is 0 Å². The molecule has 0 amide bonds. The fourth-order valence-electron chi connectivity index (χ4n) is 5.30. The van der Waals surface area contributed by atoms with E-state index in [1.807, 2.05) is 13.8 Å². The van der Waals surface area contributed by atoms with E-state index in [0.717, 1.165) is 76.4 Å². The van der Waals surface area contributed by atoms with E-state index in [-0.39, 0.29) is 11.4 Å². The van der Waals surface area contributed by atoms with E-state index in [0.29, 0.717) is 30.3 Å². The van der Waals surface area contributed by atoms with Crippen LogP contribution in [0.5, 0.6) is 0 Å². The maximum absolute atomic E-state index is 12.7. The molecule has 0 saturated carbocycles. The van der Waals surface area contributed by atoms with Gasteiger partial charge >= 0.3 is 5.97 Å². The molecule has 0 aromatic carbocycles. The number of thioether (sulfide) groups is 1. The minimum atomic E-state index is -0.452. The predicted octanol–water partition coefficient (Wildman–Crippen LogP) is 11.8. The molecule has 248 valence electrons. The van der Waals surface area contributed by atoms with E-state index in [1.165, 1.54) is 82.4 Å². The Labute approximate surface area is 266 Å². The molecule has 0 N–H and O–H groups in total. The van der Waals surface area contributed by atoms with Crippen LogP contribution in [0, 0.1) is 10.8 Å². The second-order valence-corrected chi connectivity index (χ2v) is 15.0. The number of Topliss-reactive ketones (excluding diaryl/α,β-unsaturated/α-hetero) is 1. The second kappa shape index (κ2) is 26.6. The number of hydrogen-bond donors (Lipinski definition) is 0. The van der Waals surface area contributed by atoms with Crippen molar-refractivity contribution in [3.63, 3.8) is 0 Å². The molecule has 0 aliphatic carbocycles. The standard InChI is InChI=1S/C37H70O4S/c1-7-9-11-13-15-17-25-31-41-34(39)36(3,4)29-23-19-21-27-33(38)28-22-20-24-30-37(5,6)35(40)42-32-26-18-16-14-12-10-8-2/h7-32H2,1-6H3. The van der Waals surface area contributed by atoms with Gasteiger partial charge in [-0.1, -0.05) is 142 Å². The van der Waals surface area contributed by atoms with Gasteiger partial charge < -0.3 is 4.74 Å². The minimum absolute atomic E-state index is 0.0822. The SMILES string of the molecule is CCCCCCCCCOC(=O)C(C)(C)CCCCCC(=O)CCCCCC(C)(C)C(=O)SCCCCCCCCC. The zero-order valence-corrected chi connectivity index (χ0v) is 29.7. The lowest BCUT2D eigenvalue weighted by atomic mass is 9.86. The summed E-state index contributed by atoms with van der Waals surface area (Å²) in [5.74, 6) is 1.22. The van der Waals surface area contributed by atoms with Gasteiger partial charge in [0, 0.05) is 24.0 Å². The third-order valence-electron chi connectivity index (χ3n) is 8.58. The fraction of sp³-hybridized carbons (Fsp3) is 0.919. The smallest absolute Gasteiger partial charge is 0.311 e. The van der Waals surface area contributed by atoms with Crippen molar-refractivity contribution in [2.45, 2.75) is 196 Å². The number of carbonyl (C=O) groups is 3. The summed E-state index contributed by atoms with van der Waals surface area (Å²) in [5, 5.41) is 0.328. The van der Waals surface area contributed by atoms with Crippen LogP contribution < -0.4 is 0 Å². The molecular formula is C37H70O4S. The van der Waals surface area contributed by atoms with Crippen LogP contribution in [0.15, 0.2) is 0 Å². The molecule has 0 atom stereocenters. The summed E-state index contributed by atoms with van der Waals surface area (Å²) in [6.45, 7) is 13.1. The first-order valence-corrected chi connectivity index (χ1v) is 18.9. The van der Waals surface area contributed by atoms with E-state index in [4.69, 9.17) is 4.74 Å². The largest absolute Gasteiger partial charge is 0.465 e. The normalized spacial score (nSPS) is 12.0. The topological polar surface area (TPSA) is 60.4 Å². The van der Waals surface area contributed by atoms with Crippen molar-refractivity contribution in [1.29, 1.82) is 0 Å². The third kappa shape index (κ3) is 23.6. The van der Waals surface area contributed by atoms with Gasteiger partial charge in [-0.05, 0) is 52.4 Å². The highest BCUT2D eigenvalue weighted by molar-refractivity contribution is 8.13. The summed E-state index contributed by atoms with van der Waals surface area (Å²) in [5.41, 5.74) is -0.726. The van der Waals surface area contributed by atoms with Gasteiger partial charge in [0.15, 0.2) is 5.12 Å². The summed E-state index contributed by atoms with van der Waals surface area (Å²) < 4.78 is 5.55. The number of ketones is 1. The van der Waals surface area contributed by atoms with Crippen molar-refractivity contribution in [3.05, 3.63) is 0 Å². The monoisotopic (exact) mass is 610 g/mol. The molecule has 0 rings (SSSR count). The molecule has 0 unspecified atom stereocenters. The molecule has 0 saturated heterocycles. The summed E-state index contributed by atoms with van der Waals surface area (Å²) in [6, 6.07) is 0. The molecule has 0 aliphatic heterocycles. The molecule has 42 heavy (non-hydrogen) atoms. The molecule has 0 radical (unpaired) electrons. The average molecular weight is 611 g/mol. The Morgan fingerprint density at radius 3 is 1.48 bits per heavy atom. The Morgan fingerprint density at radius 2 is 0.952 bits per heavy atom. The van der Waals surface area contributed by atoms with E-state index >= 15 is 0 Å². The van der Waals surface area contributed by atoms with Crippen LogP contribution in [0.1, 0.15) is 196 Å². The Hall–Kier alpha value is -0.840. The molecule has 5 heteroatoms. The Bertz CT molecular complexity index is 629. The van der Waals surface area contributed by atoms with Crippen LogP contribution in [-0.2, 0) is 19.1 Å². The Balaban J connectivity index is 3.80. The summed E-state index contributed by atoms with van der Waals surface area (Å²) in [7, 11) is 0.